The SMILES string of the molecule is CC(C)=CC1C(C(=O)NCc2nc3ccccc3[nH]2)C1(C)C. The lowest BCUT2D eigenvalue weighted by Crippen LogP contribution is -2.26. The lowest BCUT2D eigenvalue weighted by atomic mass is 10.1. The largest absolute Gasteiger partial charge is 0.349 e. The molecule has 1 aromatic carbocycles. The molecular weight excluding hydrogens is 274 g/mol. The standard InChI is InChI=1S/C18H23N3O/c1-11(2)9-12-16(18(12,3)4)17(22)19-10-15-20-13-7-5-6-8-14(13)21-15/h5-9,12,16H,10H2,1-4H3,(H,19,22)(H,20,21). The molecule has 4 nitrogen and oxygen atoms in total. The summed E-state index contributed by atoms with van der Waals surface area (Å²) in [7, 11) is 0. The first-order valence-corrected chi connectivity index (χ1v) is 7.76. The summed E-state index contributed by atoms with van der Waals surface area (Å²) in [6, 6.07) is 7.89. The van der Waals surface area contributed by atoms with Crippen LogP contribution in [0.3, 0.4) is 0 Å². The Hall–Kier alpha value is -2.10. The van der Waals surface area contributed by atoms with Crippen LogP contribution in [0.5, 0.6) is 0 Å². The molecule has 3 rings (SSSR count). The van der Waals surface area contributed by atoms with Crippen molar-refractivity contribution < 1.29 is 4.79 Å². The zero-order valence-corrected chi connectivity index (χ0v) is 13.6. The summed E-state index contributed by atoms with van der Waals surface area (Å²) >= 11 is 0. The van der Waals surface area contributed by atoms with Crippen molar-refractivity contribution >= 4 is 16.9 Å². The maximum atomic E-state index is 12.4. The average molecular weight is 297 g/mol. The predicted octanol–water partition coefficient (Wildman–Crippen LogP) is 3.42. The van der Waals surface area contributed by atoms with Gasteiger partial charge in [-0.3, -0.25) is 4.79 Å². The lowest BCUT2D eigenvalue weighted by Gasteiger charge is -2.04. The van der Waals surface area contributed by atoms with E-state index in [2.05, 4.69) is 49.1 Å². The van der Waals surface area contributed by atoms with Gasteiger partial charge in [-0.05, 0) is 37.3 Å². The van der Waals surface area contributed by atoms with Crippen molar-refractivity contribution in [3.8, 4) is 0 Å². The lowest BCUT2D eigenvalue weighted by molar-refractivity contribution is -0.123. The molecule has 0 radical (unpaired) electrons. The Bertz CT molecular complexity index is 705. The second-order valence-corrected chi connectivity index (χ2v) is 6.99. The first-order chi connectivity index (χ1) is 10.4. The molecular formula is C18H23N3O. The van der Waals surface area contributed by atoms with Crippen LogP contribution in [0.15, 0.2) is 35.9 Å². The number of nitrogens with one attached hydrogen (secondary N) is 2. The predicted molar refractivity (Wildman–Crippen MR) is 88.1 cm³/mol. The van der Waals surface area contributed by atoms with Crippen molar-refractivity contribution in [3.05, 3.63) is 41.7 Å². The number of aromatic amines is 1. The summed E-state index contributed by atoms with van der Waals surface area (Å²) in [5.41, 5.74) is 3.25. The highest BCUT2D eigenvalue weighted by atomic mass is 16.2. The number of hydrogen-bond acceptors (Lipinski definition) is 2. The Balaban J connectivity index is 1.64. The second kappa shape index (κ2) is 5.27. The Labute approximate surface area is 131 Å². The van der Waals surface area contributed by atoms with Gasteiger partial charge in [-0.2, -0.15) is 0 Å². The Morgan fingerprint density at radius 2 is 2.09 bits per heavy atom. The molecule has 22 heavy (non-hydrogen) atoms. The number of carbonyl (C=O) groups excluding carboxylic acids is 1. The van der Waals surface area contributed by atoms with Gasteiger partial charge in [0, 0.05) is 0 Å². The van der Waals surface area contributed by atoms with Crippen molar-refractivity contribution in [1.82, 2.24) is 15.3 Å². The van der Waals surface area contributed by atoms with E-state index in [0.717, 1.165) is 16.9 Å². The third kappa shape index (κ3) is 2.65. The van der Waals surface area contributed by atoms with E-state index < -0.39 is 0 Å². The zero-order chi connectivity index (χ0) is 15.9. The quantitative estimate of drug-likeness (QED) is 0.850. The number of H-pyrrole nitrogens is 1. The van der Waals surface area contributed by atoms with Gasteiger partial charge in [-0.15, -0.1) is 0 Å². The topological polar surface area (TPSA) is 57.8 Å². The number of amides is 1. The highest BCUT2D eigenvalue weighted by molar-refractivity contribution is 5.83. The molecule has 0 spiro atoms. The number of benzene rings is 1. The van der Waals surface area contributed by atoms with Crippen molar-refractivity contribution in [2.24, 2.45) is 17.3 Å². The summed E-state index contributed by atoms with van der Waals surface area (Å²) in [4.78, 5) is 20.1. The number of fused-ring (bicyclic) bond motifs is 1. The third-order valence-corrected chi connectivity index (χ3v) is 4.57. The van der Waals surface area contributed by atoms with Gasteiger partial charge in [0.05, 0.1) is 23.5 Å². The summed E-state index contributed by atoms with van der Waals surface area (Å²) in [5.74, 6) is 1.32. The normalized spacial score (nSPS) is 22.4. The van der Waals surface area contributed by atoms with Gasteiger partial charge >= 0.3 is 0 Å². The number of hydrogen-bond donors (Lipinski definition) is 2. The summed E-state index contributed by atoms with van der Waals surface area (Å²) in [5, 5.41) is 3.02. The maximum absolute atomic E-state index is 12.4. The van der Waals surface area contributed by atoms with Crippen LogP contribution in [0, 0.1) is 17.3 Å². The van der Waals surface area contributed by atoms with E-state index in [1.165, 1.54) is 5.57 Å². The second-order valence-electron chi connectivity index (χ2n) is 6.99. The minimum atomic E-state index is 0.0508. The highest BCUT2D eigenvalue weighted by Gasteiger charge is 2.60. The van der Waals surface area contributed by atoms with E-state index in [1.807, 2.05) is 24.3 Å². The fourth-order valence-corrected chi connectivity index (χ4v) is 3.22. The summed E-state index contributed by atoms with van der Waals surface area (Å²) in [6.45, 7) is 8.92. The Morgan fingerprint density at radius 1 is 1.36 bits per heavy atom. The number of nitrogens with zero attached hydrogens (tertiary/aromatic N) is 1. The van der Waals surface area contributed by atoms with Crippen LogP contribution < -0.4 is 5.32 Å². The number of para-hydroxylation sites is 2. The molecule has 1 aliphatic carbocycles. The Morgan fingerprint density at radius 3 is 2.77 bits per heavy atom. The van der Waals surface area contributed by atoms with Gasteiger partial charge in [0.25, 0.3) is 0 Å². The van der Waals surface area contributed by atoms with Gasteiger partial charge in [0.2, 0.25) is 5.91 Å². The van der Waals surface area contributed by atoms with Crippen LogP contribution in [-0.2, 0) is 11.3 Å². The smallest absolute Gasteiger partial charge is 0.224 e. The van der Waals surface area contributed by atoms with Gasteiger partial charge in [-0.1, -0.05) is 37.6 Å². The minimum Gasteiger partial charge on any atom is -0.349 e. The van der Waals surface area contributed by atoms with Gasteiger partial charge in [0.15, 0.2) is 0 Å². The van der Waals surface area contributed by atoms with E-state index in [-0.39, 0.29) is 17.2 Å². The van der Waals surface area contributed by atoms with Crippen LogP contribution in [0.25, 0.3) is 11.0 Å². The molecule has 2 aromatic rings. The first kappa shape index (κ1) is 14.8. The molecule has 2 unspecified atom stereocenters. The molecule has 1 heterocycles. The molecule has 1 fully saturated rings. The zero-order valence-electron chi connectivity index (χ0n) is 13.6. The van der Waals surface area contributed by atoms with Crippen molar-refractivity contribution in [2.75, 3.05) is 0 Å². The van der Waals surface area contributed by atoms with Crippen LogP contribution in [-0.4, -0.2) is 15.9 Å². The van der Waals surface area contributed by atoms with Crippen LogP contribution >= 0.6 is 0 Å². The monoisotopic (exact) mass is 297 g/mol. The van der Waals surface area contributed by atoms with Gasteiger partial charge in [0.1, 0.15) is 5.82 Å². The van der Waals surface area contributed by atoms with E-state index >= 15 is 0 Å². The number of carbonyl (C=O) groups is 1. The summed E-state index contributed by atoms with van der Waals surface area (Å²) in [6.07, 6.45) is 2.21. The third-order valence-electron chi connectivity index (χ3n) is 4.57. The Kier molecular flexibility index (Phi) is 3.55. The first-order valence-electron chi connectivity index (χ1n) is 7.76. The van der Waals surface area contributed by atoms with Crippen LogP contribution in [0.4, 0.5) is 0 Å². The molecule has 2 N–H and O–H groups in total. The summed E-state index contributed by atoms with van der Waals surface area (Å²) < 4.78 is 0. The minimum absolute atomic E-state index is 0.0508. The fraction of sp³-hybridized carbons (Fsp3) is 0.444. The van der Waals surface area contributed by atoms with Gasteiger partial charge < -0.3 is 10.3 Å². The number of aromatic nitrogens is 2. The van der Waals surface area contributed by atoms with E-state index in [9.17, 15) is 4.79 Å². The molecule has 1 aromatic heterocycles. The van der Waals surface area contributed by atoms with Crippen LogP contribution in [0.2, 0.25) is 0 Å². The molecule has 2 atom stereocenters. The molecule has 1 aliphatic rings. The maximum Gasteiger partial charge on any atom is 0.224 e. The molecule has 4 heteroatoms. The number of rotatable bonds is 4. The number of imidazole rings is 1. The van der Waals surface area contributed by atoms with Gasteiger partial charge in [-0.25, -0.2) is 4.98 Å². The molecule has 1 saturated carbocycles. The average Bonchev–Trinajstić information content (AvgIpc) is 2.83. The molecule has 0 saturated heterocycles. The number of allylic oxidation sites excluding steroid dienone is 2. The van der Waals surface area contributed by atoms with Crippen molar-refractivity contribution in [2.45, 2.75) is 34.2 Å². The highest BCUT2D eigenvalue weighted by Crippen LogP contribution is 2.59. The van der Waals surface area contributed by atoms with Crippen molar-refractivity contribution in [1.29, 1.82) is 0 Å². The fourth-order valence-electron chi connectivity index (χ4n) is 3.22. The van der Waals surface area contributed by atoms with E-state index in [1.54, 1.807) is 0 Å². The molecule has 1 amide bonds. The van der Waals surface area contributed by atoms with E-state index in [0.29, 0.717) is 12.5 Å². The van der Waals surface area contributed by atoms with Crippen molar-refractivity contribution in [3.63, 3.8) is 0 Å². The molecule has 0 aliphatic heterocycles. The van der Waals surface area contributed by atoms with E-state index in [4.69, 9.17) is 0 Å². The van der Waals surface area contributed by atoms with Crippen LogP contribution in [0.1, 0.15) is 33.5 Å². The molecule has 0 bridgehead atoms. The molecule has 116 valence electrons.